The standard InChI is InChI=1S/C39H49N3O8/c1-6-42-21-36(50-35(44)24-9-7-8-10-27(24)41-32(43)17-22(2)23-12-15-40-16-13-23)14-11-31(48-4)38-29(36)19-26(33(38)42)37(45)20-28(47-3)25-18-30(38)39(37,46)34(25)49-5/h7-10,12-13,15-17,25-26,28-31,33-34,45-46H,6,11,14,18-21H2,1-5H3,(H,41,43)/b22-17+/t25-,26-,28+,29-,30+,31+,33?,34?,36-,37+,38+,39+/m1/s1. The summed E-state index contributed by atoms with van der Waals surface area (Å²) in [6.07, 6.45) is 6.59. The Balaban J connectivity index is 1.17. The van der Waals surface area contributed by atoms with Gasteiger partial charge in [0.25, 0.3) is 0 Å². The largest absolute Gasteiger partial charge is 0.454 e. The summed E-state index contributed by atoms with van der Waals surface area (Å²) in [5.41, 5.74) is -2.16. The van der Waals surface area contributed by atoms with Crippen LogP contribution in [-0.2, 0) is 23.7 Å². The number of likely N-dealkylation sites (tertiary alicyclic amines) is 1. The van der Waals surface area contributed by atoms with Crippen LogP contribution in [-0.4, -0.2) is 108 Å². The number of ether oxygens (including phenoxy) is 4. The van der Waals surface area contributed by atoms with E-state index in [-0.39, 0.29) is 53.4 Å². The van der Waals surface area contributed by atoms with E-state index in [1.807, 2.05) is 19.1 Å². The highest BCUT2D eigenvalue weighted by Gasteiger charge is 2.89. The number of methoxy groups -OCH3 is 3. The number of esters is 1. The molecule has 1 amide bonds. The number of nitrogens with zero attached hydrogens (tertiary/aromatic N) is 2. The van der Waals surface area contributed by atoms with E-state index in [1.165, 1.54) is 6.08 Å². The number of allylic oxidation sites excluding steroid dienone is 1. The second-order valence-electron chi connectivity index (χ2n) is 15.6. The molecule has 6 fully saturated rings. The number of piperidine rings is 1. The Labute approximate surface area is 293 Å². The van der Waals surface area contributed by atoms with E-state index in [9.17, 15) is 19.8 Å². The van der Waals surface area contributed by atoms with E-state index >= 15 is 0 Å². The van der Waals surface area contributed by atoms with E-state index in [4.69, 9.17) is 18.9 Å². The Hall–Kier alpha value is -3.19. The molecule has 1 spiro atoms. The van der Waals surface area contributed by atoms with Crippen molar-refractivity contribution in [1.82, 2.24) is 9.88 Å². The number of likely N-dealkylation sites (N-methyl/N-ethyl adjacent to an activating group) is 1. The number of para-hydroxylation sites is 1. The molecule has 2 unspecified atom stereocenters. The lowest BCUT2D eigenvalue weighted by molar-refractivity contribution is -0.337. The minimum Gasteiger partial charge on any atom is -0.454 e. The van der Waals surface area contributed by atoms with Crippen LogP contribution in [0.3, 0.4) is 0 Å². The lowest BCUT2D eigenvalue weighted by Gasteiger charge is -2.70. The van der Waals surface area contributed by atoms with Crippen LogP contribution in [0.2, 0.25) is 0 Å². The first-order valence-electron chi connectivity index (χ1n) is 18.0. The summed E-state index contributed by atoms with van der Waals surface area (Å²) in [7, 11) is 5.05. The zero-order valence-corrected chi connectivity index (χ0v) is 29.5. The maximum atomic E-state index is 14.4. The van der Waals surface area contributed by atoms with Gasteiger partial charge >= 0.3 is 5.97 Å². The molecule has 2 aromatic rings. The molecule has 1 aromatic carbocycles. The van der Waals surface area contributed by atoms with Crippen molar-refractivity contribution >= 4 is 23.1 Å². The molecule has 5 aliphatic carbocycles. The number of carbonyl (C=O) groups excluding carboxylic acids is 2. The van der Waals surface area contributed by atoms with E-state index < -0.39 is 34.3 Å². The van der Waals surface area contributed by atoms with Crippen molar-refractivity contribution in [2.24, 2.45) is 29.1 Å². The lowest BCUT2D eigenvalue weighted by Crippen LogP contribution is -2.83. The number of anilines is 1. The number of carbonyl (C=O) groups is 2. The van der Waals surface area contributed by atoms with Gasteiger partial charge in [-0.25, -0.2) is 4.79 Å². The van der Waals surface area contributed by atoms with Crippen molar-refractivity contribution in [3.63, 3.8) is 0 Å². The number of benzene rings is 1. The highest BCUT2D eigenvalue weighted by Crippen LogP contribution is 2.79. The van der Waals surface area contributed by atoms with Crippen molar-refractivity contribution in [1.29, 1.82) is 0 Å². The summed E-state index contributed by atoms with van der Waals surface area (Å²) < 4.78 is 25.3. The molecule has 268 valence electrons. The fourth-order valence-electron chi connectivity index (χ4n) is 12.5. The highest BCUT2D eigenvalue weighted by molar-refractivity contribution is 6.07. The Bertz CT molecular complexity index is 1700. The Morgan fingerprint density at radius 3 is 2.50 bits per heavy atom. The maximum Gasteiger partial charge on any atom is 0.340 e. The molecule has 5 saturated carbocycles. The third kappa shape index (κ3) is 4.28. The molecule has 8 rings (SSSR count). The second kappa shape index (κ2) is 11.9. The van der Waals surface area contributed by atoms with Crippen molar-refractivity contribution in [3.8, 4) is 0 Å². The quantitative estimate of drug-likeness (QED) is 0.264. The Kier molecular flexibility index (Phi) is 8.09. The number of hydrogen-bond donors (Lipinski definition) is 3. The number of aromatic nitrogens is 1. The summed E-state index contributed by atoms with van der Waals surface area (Å²) in [5, 5.41) is 28.8. The molecule has 12 atom stereocenters. The smallest absolute Gasteiger partial charge is 0.340 e. The van der Waals surface area contributed by atoms with Crippen molar-refractivity contribution in [2.45, 2.75) is 87.1 Å². The molecule has 11 nitrogen and oxygen atoms in total. The van der Waals surface area contributed by atoms with Crippen LogP contribution < -0.4 is 5.32 Å². The number of fused-ring (bicyclic) bond motifs is 2. The van der Waals surface area contributed by atoms with Gasteiger partial charge in [0, 0.05) is 87.9 Å². The van der Waals surface area contributed by atoms with Gasteiger partial charge in [-0.1, -0.05) is 19.1 Å². The zero-order chi connectivity index (χ0) is 35.2. The fourth-order valence-corrected chi connectivity index (χ4v) is 12.5. The molecule has 11 heteroatoms. The third-order valence-corrected chi connectivity index (χ3v) is 14.1. The zero-order valence-electron chi connectivity index (χ0n) is 29.5. The molecule has 1 aliphatic heterocycles. The molecule has 3 N–H and O–H groups in total. The first-order chi connectivity index (χ1) is 24.0. The van der Waals surface area contributed by atoms with E-state index in [0.29, 0.717) is 50.9 Å². The van der Waals surface area contributed by atoms with Crippen LogP contribution in [0.5, 0.6) is 0 Å². The van der Waals surface area contributed by atoms with Crippen LogP contribution in [0.4, 0.5) is 5.69 Å². The molecular weight excluding hydrogens is 638 g/mol. The summed E-state index contributed by atoms with van der Waals surface area (Å²) in [4.78, 5) is 34.1. The Morgan fingerprint density at radius 1 is 1.04 bits per heavy atom. The van der Waals surface area contributed by atoms with E-state index in [2.05, 4.69) is 22.1 Å². The van der Waals surface area contributed by atoms with Gasteiger partial charge in [-0.3, -0.25) is 14.7 Å². The van der Waals surface area contributed by atoms with Gasteiger partial charge in [0.1, 0.15) is 16.8 Å². The number of nitrogens with one attached hydrogen (secondary N) is 1. The fraction of sp³-hybridized carbons (Fsp3) is 0.615. The molecule has 6 aliphatic rings. The van der Waals surface area contributed by atoms with Crippen LogP contribution in [0.25, 0.3) is 5.57 Å². The van der Waals surface area contributed by atoms with Crippen LogP contribution in [0.1, 0.15) is 61.9 Å². The average molecular weight is 688 g/mol. The van der Waals surface area contributed by atoms with Gasteiger partial charge in [0.05, 0.1) is 29.6 Å². The second-order valence-corrected chi connectivity index (χ2v) is 15.6. The van der Waals surface area contributed by atoms with Crippen molar-refractivity contribution in [2.75, 3.05) is 39.7 Å². The summed E-state index contributed by atoms with van der Waals surface area (Å²) in [5.74, 6) is -1.78. The first kappa shape index (κ1) is 33.9. The lowest BCUT2D eigenvalue weighted by atomic mass is 9.44. The predicted octanol–water partition coefficient (Wildman–Crippen LogP) is 3.70. The minimum absolute atomic E-state index is 0.0706. The molecular formula is C39H49N3O8. The normalized spacial score (nSPS) is 42.7. The molecule has 2 heterocycles. The summed E-state index contributed by atoms with van der Waals surface area (Å²) in [6, 6.07) is 10.6. The molecule has 0 radical (unpaired) electrons. The number of rotatable bonds is 9. The molecule has 50 heavy (non-hydrogen) atoms. The van der Waals surface area contributed by atoms with Crippen molar-refractivity contribution < 1.29 is 38.7 Å². The summed E-state index contributed by atoms with van der Waals surface area (Å²) in [6.45, 7) is 5.18. The number of pyridine rings is 1. The van der Waals surface area contributed by atoms with Crippen LogP contribution in [0.15, 0.2) is 54.9 Å². The number of aliphatic hydroxyl groups is 2. The maximum absolute atomic E-state index is 14.4. The van der Waals surface area contributed by atoms with E-state index in [1.54, 1.807) is 58.0 Å². The SMILES string of the molecule is CCN1C[C@]2(OC(=O)c3ccccc3NC(=O)/C=C(\C)c3ccncc3)CC[C@H](OC)[C@]34C1[C@@H](C[C@H]23)[C@@]1(O)C[C@H](OC)[C@H]2C[C@@H]4[C@]1(O)C2OC. The van der Waals surface area contributed by atoms with Crippen molar-refractivity contribution in [3.05, 3.63) is 66.0 Å². The minimum atomic E-state index is -1.50. The average Bonchev–Trinajstić information content (AvgIpc) is 3.55. The van der Waals surface area contributed by atoms with Gasteiger partial charge in [-0.2, -0.15) is 0 Å². The molecule has 7 bridgehead atoms. The topological polar surface area (TPSA) is 140 Å². The predicted molar refractivity (Wildman–Crippen MR) is 184 cm³/mol. The molecule has 1 aromatic heterocycles. The van der Waals surface area contributed by atoms with Gasteiger partial charge < -0.3 is 34.5 Å². The van der Waals surface area contributed by atoms with Gasteiger partial charge in [-0.15, -0.1) is 0 Å². The third-order valence-electron chi connectivity index (χ3n) is 14.1. The van der Waals surface area contributed by atoms with E-state index in [0.717, 1.165) is 11.1 Å². The monoisotopic (exact) mass is 687 g/mol. The number of hydrogen-bond acceptors (Lipinski definition) is 10. The first-order valence-corrected chi connectivity index (χ1v) is 18.0. The highest BCUT2D eigenvalue weighted by atomic mass is 16.6. The number of amides is 1. The van der Waals surface area contributed by atoms with Gasteiger partial charge in [-0.05, 0) is 74.6 Å². The van der Waals surface area contributed by atoms with Crippen LogP contribution >= 0.6 is 0 Å². The van der Waals surface area contributed by atoms with Gasteiger partial charge in [0.2, 0.25) is 5.91 Å². The van der Waals surface area contributed by atoms with Crippen LogP contribution in [0, 0.1) is 29.1 Å². The van der Waals surface area contributed by atoms with Gasteiger partial charge in [0.15, 0.2) is 0 Å². The molecule has 1 saturated heterocycles. The summed E-state index contributed by atoms with van der Waals surface area (Å²) >= 11 is 0. The Morgan fingerprint density at radius 2 is 1.80 bits per heavy atom.